The van der Waals surface area contributed by atoms with Crippen LogP contribution in [0.25, 0.3) is 0 Å². The number of hydrogen-bond acceptors (Lipinski definition) is 4. The van der Waals surface area contributed by atoms with Crippen molar-refractivity contribution in [2.24, 2.45) is 0 Å². The third kappa shape index (κ3) is 3.92. The fourth-order valence-electron chi connectivity index (χ4n) is 1.95. The van der Waals surface area contributed by atoms with E-state index in [-0.39, 0.29) is 0 Å². The summed E-state index contributed by atoms with van der Waals surface area (Å²) < 4.78 is 17.2. The first-order chi connectivity index (χ1) is 9.53. The summed E-state index contributed by atoms with van der Waals surface area (Å²) >= 11 is 3.33. The van der Waals surface area contributed by atoms with Crippen LogP contribution < -0.4 is 4.90 Å². The molecule has 1 fully saturated rings. The van der Waals surface area contributed by atoms with Crippen LogP contribution in [-0.2, 0) is 0 Å². The molecule has 0 bridgehead atoms. The van der Waals surface area contributed by atoms with Crippen LogP contribution in [0.3, 0.4) is 0 Å². The van der Waals surface area contributed by atoms with E-state index in [1.807, 2.05) is 4.90 Å². The van der Waals surface area contributed by atoms with E-state index in [1.165, 1.54) is 0 Å². The Kier molecular flexibility index (Phi) is 4.37. The number of nitrogens with zero attached hydrogens (tertiary/aromatic N) is 4. The number of unbranched alkanes of at least 4 members (excludes halogenated alkanes) is 1. The fourth-order valence-corrected chi connectivity index (χ4v) is 2.15. The molecule has 1 aliphatic heterocycles. The Balaban J connectivity index is 1.90. The average Bonchev–Trinajstić information content (AvgIpc) is 2.46. The summed E-state index contributed by atoms with van der Waals surface area (Å²) in [7, 11) is 0. The summed E-state index contributed by atoms with van der Waals surface area (Å²) in [5.41, 5.74) is 0. The maximum absolute atomic E-state index is 8.16. The first-order valence-corrected chi connectivity index (χ1v) is 7.30. The Bertz CT molecular complexity index is 419. The van der Waals surface area contributed by atoms with Gasteiger partial charge in [-0.05, 0) is 28.8 Å². The normalized spacial score (nSPS) is 19.6. The van der Waals surface area contributed by atoms with Crippen molar-refractivity contribution in [2.45, 2.75) is 26.2 Å². The van der Waals surface area contributed by atoms with Gasteiger partial charge in [0.25, 0.3) is 0 Å². The zero-order chi connectivity index (χ0) is 14.6. The molecule has 0 radical (unpaired) electrons. The minimum Gasteiger partial charge on any atom is -0.338 e. The van der Waals surface area contributed by atoms with Crippen LogP contribution in [0.2, 0.25) is 0 Å². The molecule has 0 atom stereocenters. The Hall–Kier alpha value is -0.680. The summed E-state index contributed by atoms with van der Waals surface area (Å²) in [5, 5.41) is 0. The predicted molar refractivity (Wildman–Crippen MR) is 77.9 cm³/mol. The monoisotopic (exact) mass is 314 g/mol. The molecule has 100 valence electrons. The van der Waals surface area contributed by atoms with Gasteiger partial charge in [-0.3, -0.25) is 4.90 Å². The molecule has 2 rings (SSSR count). The molecular formula is C13H21BrN4. The Labute approximate surface area is 120 Å². The van der Waals surface area contributed by atoms with Gasteiger partial charge in [-0.2, -0.15) is 0 Å². The topological polar surface area (TPSA) is 32.3 Å². The van der Waals surface area contributed by atoms with Crippen molar-refractivity contribution in [3.05, 3.63) is 16.9 Å². The summed E-state index contributed by atoms with van der Waals surface area (Å²) in [6, 6.07) is 0. The third-order valence-corrected chi connectivity index (χ3v) is 3.44. The maximum Gasteiger partial charge on any atom is 0.225 e. The third-order valence-electron chi connectivity index (χ3n) is 3.03. The molecule has 0 N–H and O–H groups in total. The molecule has 0 aliphatic carbocycles. The van der Waals surface area contributed by atoms with Crippen molar-refractivity contribution in [1.29, 1.82) is 0 Å². The molecule has 1 saturated heterocycles. The second kappa shape index (κ2) is 7.04. The summed E-state index contributed by atoms with van der Waals surface area (Å²) in [6.07, 6.45) is 6.07. The van der Waals surface area contributed by atoms with Gasteiger partial charge < -0.3 is 4.90 Å². The van der Waals surface area contributed by atoms with Crippen LogP contribution in [0, 0.1) is 0 Å². The Morgan fingerprint density at radius 2 is 1.89 bits per heavy atom. The number of hydrogen-bond donors (Lipinski definition) is 0. The number of anilines is 1. The second-order valence-electron chi connectivity index (χ2n) is 4.44. The van der Waals surface area contributed by atoms with Crippen molar-refractivity contribution in [1.82, 2.24) is 14.9 Å². The van der Waals surface area contributed by atoms with Gasteiger partial charge in [0, 0.05) is 41.3 Å². The largest absolute Gasteiger partial charge is 0.338 e. The van der Waals surface area contributed by atoms with E-state index in [1.54, 1.807) is 12.4 Å². The molecule has 0 saturated carbocycles. The summed E-state index contributed by atoms with van der Waals surface area (Å²) in [6.45, 7) is 3.88. The Morgan fingerprint density at radius 3 is 2.50 bits per heavy atom. The SMILES string of the molecule is [2H]C([2H])(CCCC)N1CCN(c2ncc(Br)cn2)CC1. The van der Waals surface area contributed by atoms with Gasteiger partial charge in [-0.15, -0.1) is 0 Å². The van der Waals surface area contributed by atoms with E-state index in [4.69, 9.17) is 2.74 Å². The minimum absolute atomic E-state index is 0.609. The first-order valence-electron chi connectivity index (χ1n) is 7.50. The molecule has 4 nitrogen and oxygen atoms in total. The number of aromatic nitrogens is 2. The van der Waals surface area contributed by atoms with Crippen LogP contribution >= 0.6 is 15.9 Å². The lowest BCUT2D eigenvalue weighted by Crippen LogP contribution is -2.47. The zero-order valence-corrected chi connectivity index (χ0v) is 12.4. The van der Waals surface area contributed by atoms with Gasteiger partial charge in [-0.1, -0.05) is 19.8 Å². The van der Waals surface area contributed by atoms with Crippen LogP contribution in [0.15, 0.2) is 16.9 Å². The molecule has 5 heteroatoms. The number of piperazine rings is 1. The molecule has 0 aromatic carbocycles. The molecule has 2 heterocycles. The van der Waals surface area contributed by atoms with Gasteiger partial charge in [0.2, 0.25) is 5.95 Å². The fraction of sp³-hybridized carbons (Fsp3) is 0.692. The zero-order valence-electron chi connectivity index (χ0n) is 12.8. The summed E-state index contributed by atoms with van der Waals surface area (Å²) in [5.74, 6) is 0.724. The molecule has 18 heavy (non-hydrogen) atoms. The van der Waals surface area contributed by atoms with Crippen LogP contribution in [0.5, 0.6) is 0 Å². The molecular weight excluding hydrogens is 292 g/mol. The van der Waals surface area contributed by atoms with E-state index in [0.717, 1.165) is 49.4 Å². The van der Waals surface area contributed by atoms with E-state index >= 15 is 0 Å². The van der Waals surface area contributed by atoms with Crippen molar-refractivity contribution in [3.8, 4) is 0 Å². The second-order valence-corrected chi connectivity index (χ2v) is 5.35. The predicted octanol–water partition coefficient (Wildman–Crippen LogP) is 2.55. The highest BCUT2D eigenvalue weighted by Gasteiger charge is 2.18. The van der Waals surface area contributed by atoms with E-state index in [2.05, 4.69) is 37.7 Å². The molecule has 0 unspecified atom stereocenters. The minimum atomic E-state index is -1.19. The van der Waals surface area contributed by atoms with Gasteiger partial charge in [0.05, 0.1) is 4.47 Å². The lowest BCUT2D eigenvalue weighted by Gasteiger charge is -2.34. The molecule has 1 aromatic heterocycles. The highest BCUT2D eigenvalue weighted by Crippen LogP contribution is 2.13. The molecule has 0 amide bonds. The quantitative estimate of drug-likeness (QED) is 0.836. The lowest BCUT2D eigenvalue weighted by atomic mass is 10.2. The Morgan fingerprint density at radius 1 is 1.22 bits per heavy atom. The van der Waals surface area contributed by atoms with Crippen molar-refractivity contribution < 1.29 is 2.74 Å². The lowest BCUT2D eigenvalue weighted by molar-refractivity contribution is 0.251. The van der Waals surface area contributed by atoms with Crippen molar-refractivity contribution >= 4 is 21.9 Å². The van der Waals surface area contributed by atoms with Gasteiger partial charge in [-0.25, -0.2) is 9.97 Å². The molecule has 1 aliphatic rings. The number of rotatable bonds is 5. The van der Waals surface area contributed by atoms with Crippen LogP contribution in [0.4, 0.5) is 5.95 Å². The van der Waals surface area contributed by atoms with Crippen molar-refractivity contribution in [3.63, 3.8) is 0 Å². The van der Waals surface area contributed by atoms with Crippen molar-refractivity contribution in [2.75, 3.05) is 37.6 Å². The van der Waals surface area contributed by atoms with Gasteiger partial charge >= 0.3 is 0 Å². The maximum atomic E-state index is 8.16. The van der Waals surface area contributed by atoms with E-state index < -0.39 is 6.50 Å². The van der Waals surface area contributed by atoms with Crippen LogP contribution in [0.1, 0.15) is 28.9 Å². The smallest absolute Gasteiger partial charge is 0.225 e. The average molecular weight is 315 g/mol. The highest BCUT2D eigenvalue weighted by molar-refractivity contribution is 9.10. The van der Waals surface area contributed by atoms with Gasteiger partial charge in [0.15, 0.2) is 0 Å². The standard InChI is InChI=1S/C13H21BrN4/c1-2-3-4-5-17-6-8-18(9-7-17)13-15-10-12(14)11-16-13/h10-11H,2-9H2,1H3/i5D2. The van der Waals surface area contributed by atoms with E-state index in [9.17, 15) is 0 Å². The van der Waals surface area contributed by atoms with Gasteiger partial charge in [0.1, 0.15) is 0 Å². The number of halogens is 1. The summed E-state index contributed by atoms with van der Waals surface area (Å²) in [4.78, 5) is 12.6. The van der Waals surface area contributed by atoms with Crippen LogP contribution in [-0.4, -0.2) is 47.5 Å². The highest BCUT2D eigenvalue weighted by atomic mass is 79.9. The molecule has 0 spiro atoms. The first kappa shape index (κ1) is 11.2. The molecule has 1 aromatic rings. The van der Waals surface area contributed by atoms with E-state index in [0.29, 0.717) is 6.42 Å².